The number of carbonyl (C=O) groups excluding carboxylic acids is 1. The lowest BCUT2D eigenvalue weighted by molar-refractivity contribution is -0.208. The number of esters is 1. The van der Waals surface area contributed by atoms with Crippen molar-refractivity contribution in [1.82, 2.24) is 0 Å². The fourth-order valence-corrected chi connectivity index (χ4v) is 2.03. The highest BCUT2D eigenvalue weighted by molar-refractivity contribution is 5.81. The summed E-state index contributed by atoms with van der Waals surface area (Å²) >= 11 is 0. The van der Waals surface area contributed by atoms with E-state index in [2.05, 4.69) is 0 Å². The number of ether oxygens (including phenoxy) is 3. The normalized spacial score (nSPS) is 27.3. The van der Waals surface area contributed by atoms with E-state index in [-0.39, 0.29) is 5.97 Å². The van der Waals surface area contributed by atoms with Crippen LogP contribution in [-0.4, -0.2) is 31.6 Å². The average molecular weight is 200 g/mol. The van der Waals surface area contributed by atoms with Crippen LogP contribution in [0.3, 0.4) is 0 Å². The summed E-state index contributed by atoms with van der Waals surface area (Å²) in [5, 5.41) is 0. The molecular weight excluding hydrogens is 184 g/mol. The predicted molar refractivity (Wildman–Crippen MR) is 48.6 cm³/mol. The van der Waals surface area contributed by atoms with Gasteiger partial charge in [0.25, 0.3) is 0 Å². The molecule has 0 aromatic rings. The van der Waals surface area contributed by atoms with Crippen LogP contribution in [0.25, 0.3) is 0 Å². The second kappa shape index (κ2) is 3.21. The van der Waals surface area contributed by atoms with Gasteiger partial charge in [-0.3, -0.25) is 4.79 Å². The van der Waals surface area contributed by atoms with Crippen LogP contribution in [0, 0.1) is 5.41 Å². The van der Waals surface area contributed by atoms with Crippen molar-refractivity contribution in [2.45, 2.75) is 32.5 Å². The monoisotopic (exact) mass is 200 g/mol. The summed E-state index contributed by atoms with van der Waals surface area (Å²) in [6, 6.07) is 0. The molecule has 1 saturated heterocycles. The lowest BCUT2D eigenvalue weighted by atomic mass is 9.97. The van der Waals surface area contributed by atoms with Crippen molar-refractivity contribution in [2.75, 3.05) is 19.8 Å². The molecule has 2 aliphatic rings. The molecule has 1 aliphatic carbocycles. The molecule has 0 N–H and O–H groups in total. The van der Waals surface area contributed by atoms with Crippen LogP contribution in [-0.2, 0) is 19.0 Å². The molecule has 2 rings (SSSR count). The van der Waals surface area contributed by atoms with Gasteiger partial charge in [-0.25, -0.2) is 0 Å². The maximum absolute atomic E-state index is 11.7. The second-order valence-electron chi connectivity index (χ2n) is 3.95. The Morgan fingerprint density at radius 3 is 2.36 bits per heavy atom. The molecule has 14 heavy (non-hydrogen) atoms. The van der Waals surface area contributed by atoms with E-state index in [1.54, 1.807) is 0 Å². The van der Waals surface area contributed by atoms with Crippen LogP contribution in [0.5, 0.6) is 0 Å². The Bertz CT molecular complexity index is 239. The van der Waals surface area contributed by atoms with Crippen molar-refractivity contribution in [3.63, 3.8) is 0 Å². The van der Waals surface area contributed by atoms with E-state index in [0.717, 1.165) is 12.8 Å². The first kappa shape index (κ1) is 9.93. The van der Waals surface area contributed by atoms with Gasteiger partial charge in [0.15, 0.2) is 5.79 Å². The van der Waals surface area contributed by atoms with Gasteiger partial charge in [0.2, 0.25) is 0 Å². The molecule has 2 fully saturated rings. The maximum atomic E-state index is 11.7. The highest BCUT2D eigenvalue weighted by Crippen LogP contribution is 2.58. The lowest BCUT2D eigenvalue weighted by Crippen LogP contribution is -2.43. The summed E-state index contributed by atoms with van der Waals surface area (Å²) in [6.45, 7) is 5.20. The summed E-state index contributed by atoms with van der Waals surface area (Å²) in [4.78, 5) is 11.7. The van der Waals surface area contributed by atoms with Crippen LogP contribution in [0.15, 0.2) is 0 Å². The fraction of sp³-hybridized carbons (Fsp3) is 0.900. The zero-order valence-corrected chi connectivity index (χ0v) is 8.67. The third-order valence-corrected chi connectivity index (χ3v) is 3.12. The minimum atomic E-state index is -0.751. The fourth-order valence-electron chi connectivity index (χ4n) is 2.03. The molecular formula is C10H16O4. The van der Waals surface area contributed by atoms with E-state index in [1.165, 1.54) is 0 Å². The molecule has 0 bridgehead atoms. The van der Waals surface area contributed by atoms with Crippen molar-refractivity contribution >= 4 is 5.97 Å². The van der Waals surface area contributed by atoms with Crippen molar-refractivity contribution in [3.05, 3.63) is 0 Å². The summed E-state index contributed by atoms with van der Waals surface area (Å²) in [5.74, 6) is -0.927. The van der Waals surface area contributed by atoms with E-state index in [4.69, 9.17) is 14.2 Å². The topological polar surface area (TPSA) is 44.8 Å². The summed E-state index contributed by atoms with van der Waals surface area (Å²) in [7, 11) is 0. The number of hydrogen-bond donors (Lipinski definition) is 0. The quantitative estimate of drug-likeness (QED) is 0.640. The Kier molecular flexibility index (Phi) is 2.27. The largest absolute Gasteiger partial charge is 0.465 e. The molecule has 0 atom stereocenters. The third-order valence-electron chi connectivity index (χ3n) is 3.12. The Morgan fingerprint density at radius 1 is 1.36 bits per heavy atom. The van der Waals surface area contributed by atoms with E-state index in [0.29, 0.717) is 19.8 Å². The van der Waals surface area contributed by atoms with E-state index in [1.807, 2.05) is 13.8 Å². The van der Waals surface area contributed by atoms with Crippen molar-refractivity contribution in [3.8, 4) is 0 Å². The average Bonchev–Trinajstić information content (AvgIpc) is 2.87. The first-order valence-corrected chi connectivity index (χ1v) is 5.10. The number of rotatable bonds is 3. The first-order valence-electron chi connectivity index (χ1n) is 5.10. The smallest absolute Gasteiger partial charge is 0.317 e. The number of carbonyl (C=O) groups is 1. The van der Waals surface area contributed by atoms with Crippen molar-refractivity contribution in [2.24, 2.45) is 5.41 Å². The van der Waals surface area contributed by atoms with Gasteiger partial charge >= 0.3 is 5.97 Å². The molecule has 4 heteroatoms. The van der Waals surface area contributed by atoms with Gasteiger partial charge in [0.1, 0.15) is 5.41 Å². The zero-order chi connectivity index (χ0) is 10.2. The molecule has 80 valence electrons. The Hall–Kier alpha value is -0.610. The molecule has 0 radical (unpaired) electrons. The maximum Gasteiger partial charge on any atom is 0.317 e. The first-order chi connectivity index (χ1) is 6.65. The van der Waals surface area contributed by atoms with Gasteiger partial charge in [-0.15, -0.1) is 0 Å². The third kappa shape index (κ3) is 1.25. The van der Waals surface area contributed by atoms with E-state index >= 15 is 0 Å². The molecule has 0 amide bonds. The van der Waals surface area contributed by atoms with Crippen LogP contribution in [0.4, 0.5) is 0 Å². The Labute approximate surface area is 83.5 Å². The summed E-state index contributed by atoms with van der Waals surface area (Å²) in [5.41, 5.74) is -0.528. The van der Waals surface area contributed by atoms with Gasteiger partial charge in [-0.1, -0.05) is 0 Å². The lowest BCUT2D eigenvalue weighted by Gasteiger charge is -2.30. The molecule has 0 aromatic carbocycles. The minimum absolute atomic E-state index is 0.176. The second-order valence-corrected chi connectivity index (χ2v) is 3.95. The SMILES string of the molecule is CCOC(=O)C1(C2(C)OCCO2)CC1. The van der Waals surface area contributed by atoms with Crippen LogP contribution in [0.1, 0.15) is 26.7 Å². The molecule has 0 spiro atoms. The highest BCUT2D eigenvalue weighted by Gasteiger charge is 2.66. The van der Waals surface area contributed by atoms with Gasteiger partial charge in [0, 0.05) is 0 Å². The zero-order valence-electron chi connectivity index (χ0n) is 8.67. The van der Waals surface area contributed by atoms with Crippen LogP contribution in [0.2, 0.25) is 0 Å². The molecule has 0 aromatic heterocycles. The predicted octanol–water partition coefficient (Wildman–Crippen LogP) is 1.09. The summed E-state index contributed by atoms with van der Waals surface area (Å²) < 4.78 is 16.1. The summed E-state index contributed by atoms with van der Waals surface area (Å²) in [6.07, 6.45) is 1.62. The van der Waals surface area contributed by atoms with Crippen molar-refractivity contribution in [1.29, 1.82) is 0 Å². The van der Waals surface area contributed by atoms with Crippen LogP contribution >= 0.6 is 0 Å². The van der Waals surface area contributed by atoms with Gasteiger partial charge < -0.3 is 14.2 Å². The van der Waals surface area contributed by atoms with Crippen molar-refractivity contribution < 1.29 is 19.0 Å². The molecule has 1 aliphatic heterocycles. The molecule has 1 saturated carbocycles. The Balaban J connectivity index is 2.11. The van der Waals surface area contributed by atoms with Gasteiger partial charge in [0.05, 0.1) is 19.8 Å². The van der Waals surface area contributed by atoms with E-state index in [9.17, 15) is 4.79 Å². The van der Waals surface area contributed by atoms with Gasteiger partial charge in [-0.2, -0.15) is 0 Å². The molecule has 1 heterocycles. The van der Waals surface area contributed by atoms with Gasteiger partial charge in [-0.05, 0) is 26.7 Å². The highest BCUT2D eigenvalue weighted by atomic mass is 16.7. The molecule has 4 nitrogen and oxygen atoms in total. The number of hydrogen-bond acceptors (Lipinski definition) is 4. The molecule has 0 unspecified atom stereocenters. The minimum Gasteiger partial charge on any atom is -0.465 e. The Morgan fingerprint density at radius 2 is 1.93 bits per heavy atom. The van der Waals surface area contributed by atoms with E-state index < -0.39 is 11.2 Å². The van der Waals surface area contributed by atoms with Crippen LogP contribution < -0.4 is 0 Å². The standard InChI is InChI=1S/C10H16O4/c1-3-12-8(11)10(4-5-10)9(2)13-6-7-14-9/h3-7H2,1-2H3.